The predicted octanol–water partition coefficient (Wildman–Crippen LogP) is 3.90. The van der Waals surface area contributed by atoms with E-state index in [4.69, 9.17) is 4.52 Å². The summed E-state index contributed by atoms with van der Waals surface area (Å²) in [5.74, 6) is 0.891. The number of benzene rings is 1. The number of hydrogen-bond acceptors (Lipinski definition) is 3. The van der Waals surface area contributed by atoms with E-state index in [0.29, 0.717) is 0 Å². The van der Waals surface area contributed by atoms with Gasteiger partial charge in [-0.2, -0.15) is 0 Å². The van der Waals surface area contributed by atoms with Crippen LogP contribution in [0.3, 0.4) is 0 Å². The highest BCUT2D eigenvalue weighted by molar-refractivity contribution is 9.10. The van der Waals surface area contributed by atoms with Crippen LogP contribution in [0.4, 0.5) is 0 Å². The van der Waals surface area contributed by atoms with E-state index in [1.807, 2.05) is 26.0 Å². The third kappa shape index (κ3) is 3.00. The van der Waals surface area contributed by atoms with E-state index in [0.717, 1.165) is 28.0 Å². The topological polar surface area (TPSA) is 38.1 Å². The molecule has 0 fully saturated rings. The molecule has 0 saturated carbocycles. The Hall–Kier alpha value is -1.13. The smallest absolute Gasteiger partial charge is 0.138 e. The van der Waals surface area contributed by atoms with Crippen molar-refractivity contribution in [1.82, 2.24) is 10.5 Å². The highest BCUT2D eigenvalue weighted by Gasteiger charge is 2.15. The first kappa shape index (κ1) is 13.3. The normalized spacial score (nSPS) is 12.7. The maximum Gasteiger partial charge on any atom is 0.138 e. The van der Waals surface area contributed by atoms with Crippen molar-refractivity contribution in [3.05, 3.63) is 51.3 Å². The van der Waals surface area contributed by atoms with Crippen molar-refractivity contribution in [3.63, 3.8) is 0 Å². The Morgan fingerprint density at radius 2 is 2.17 bits per heavy atom. The lowest BCUT2D eigenvalue weighted by molar-refractivity contribution is 0.390. The van der Waals surface area contributed by atoms with Crippen molar-refractivity contribution in [1.29, 1.82) is 0 Å². The molecule has 0 bridgehead atoms. The predicted molar refractivity (Wildman–Crippen MR) is 75.4 cm³/mol. The van der Waals surface area contributed by atoms with E-state index < -0.39 is 0 Å². The molecule has 2 aromatic rings. The molecule has 1 atom stereocenters. The van der Waals surface area contributed by atoms with Gasteiger partial charge < -0.3 is 9.84 Å². The number of hydrogen-bond donors (Lipinski definition) is 1. The highest BCUT2D eigenvalue weighted by Crippen LogP contribution is 2.21. The molecule has 1 aromatic carbocycles. The quantitative estimate of drug-likeness (QED) is 0.930. The summed E-state index contributed by atoms with van der Waals surface area (Å²) in [5.41, 5.74) is 3.37. The summed E-state index contributed by atoms with van der Waals surface area (Å²) in [6.07, 6.45) is 0. The van der Waals surface area contributed by atoms with Crippen LogP contribution in [0.25, 0.3) is 0 Å². The van der Waals surface area contributed by atoms with Gasteiger partial charge in [0.1, 0.15) is 5.76 Å². The summed E-state index contributed by atoms with van der Waals surface area (Å²) < 4.78 is 6.29. The molecule has 1 aromatic heterocycles. The van der Waals surface area contributed by atoms with Crippen LogP contribution in [0.5, 0.6) is 0 Å². The molecule has 4 heteroatoms. The summed E-state index contributed by atoms with van der Waals surface area (Å²) in [5, 5.41) is 7.47. The first-order valence-electron chi connectivity index (χ1n) is 5.98. The van der Waals surface area contributed by atoms with Crippen LogP contribution in [-0.4, -0.2) is 5.16 Å². The molecule has 1 unspecified atom stereocenters. The lowest BCUT2D eigenvalue weighted by Crippen LogP contribution is -2.19. The molecule has 0 radical (unpaired) electrons. The number of aromatic nitrogens is 1. The van der Waals surface area contributed by atoms with Gasteiger partial charge in [-0.15, -0.1) is 0 Å². The van der Waals surface area contributed by atoms with Crippen LogP contribution in [-0.2, 0) is 6.54 Å². The molecule has 0 aliphatic carbocycles. The SMILES string of the molecule is Cc1noc(C)c1C(C)NCc1cccc(Br)c1. The average Bonchev–Trinajstić information content (AvgIpc) is 2.66. The van der Waals surface area contributed by atoms with E-state index >= 15 is 0 Å². The maximum atomic E-state index is 5.19. The van der Waals surface area contributed by atoms with Gasteiger partial charge in [0, 0.05) is 22.6 Å². The van der Waals surface area contributed by atoms with Gasteiger partial charge in [-0.25, -0.2) is 0 Å². The van der Waals surface area contributed by atoms with Crippen LogP contribution >= 0.6 is 15.9 Å². The Labute approximate surface area is 116 Å². The zero-order valence-corrected chi connectivity index (χ0v) is 12.4. The summed E-state index contributed by atoms with van der Waals surface area (Å²) in [6, 6.07) is 8.53. The summed E-state index contributed by atoms with van der Waals surface area (Å²) in [4.78, 5) is 0. The molecule has 0 amide bonds. The first-order chi connectivity index (χ1) is 8.58. The highest BCUT2D eigenvalue weighted by atomic mass is 79.9. The van der Waals surface area contributed by atoms with Crippen LogP contribution < -0.4 is 5.32 Å². The molecule has 0 saturated heterocycles. The molecule has 1 heterocycles. The van der Waals surface area contributed by atoms with Gasteiger partial charge in [-0.3, -0.25) is 0 Å². The summed E-state index contributed by atoms with van der Waals surface area (Å²) in [7, 11) is 0. The van der Waals surface area contributed by atoms with Gasteiger partial charge in [0.15, 0.2) is 0 Å². The number of aryl methyl sites for hydroxylation is 2. The number of halogens is 1. The third-order valence-electron chi connectivity index (χ3n) is 3.02. The van der Waals surface area contributed by atoms with Crippen LogP contribution in [0.2, 0.25) is 0 Å². The van der Waals surface area contributed by atoms with Gasteiger partial charge in [0.2, 0.25) is 0 Å². The van der Waals surface area contributed by atoms with Crippen molar-refractivity contribution in [2.45, 2.75) is 33.4 Å². The van der Waals surface area contributed by atoms with Crippen molar-refractivity contribution in [3.8, 4) is 0 Å². The van der Waals surface area contributed by atoms with Crippen molar-refractivity contribution in [2.75, 3.05) is 0 Å². The Morgan fingerprint density at radius 3 is 2.78 bits per heavy atom. The fraction of sp³-hybridized carbons (Fsp3) is 0.357. The van der Waals surface area contributed by atoms with E-state index in [2.05, 4.69) is 45.5 Å². The van der Waals surface area contributed by atoms with Crippen molar-refractivity contribution in [2.24, 2.45) is 0 Å². The zero-order chi connectivity index (χ0) is 13.1. The second-order valence-corrected chi connectivity index (χ2v) is 5.39. The third-order valence-corrected chi connectivity index (χ3v) is 3.52. The van der Waals surface area contributed by atoms with Crippen molar-refractivity contribution < 1.29 is 4.52 Å². The van der Waals surface area contributed by atoms with Crippen LogP contribution in [0.15, 0.2) is 33.3 Å². The van der Waals surface area contributed by atoms with Gasteiger partial charge in [-0.1, -0.05) is 33.2 Å². The minimum atomic E-state index is 0.232. The average molecular weight is 309 g/mol. The van der Waals surface area contributed by atoms with E-state index in [9.17, 15) is 0 Å². The second kappa shape index (κ2) is 5.67. The molecular weight excluding hydrogens is 292 g/mol. The summed E-state index contributed by atoms with van der Waals surface area (Å²) in [6.45, 7) is 6.88. The Balaban J connectivity index is 2.03. The summed E-state index contributed by atoms with van der Waals surface area (Å²) >= 11 is 3.48. The van der Waals surface area contributed by atoms with Crippen LogP contribution in [0.1, 0.15) is 35.5 Å². The number of nitrogens with one attached hydrogen (secondary N) is 1. The van der Waals surface area contributed by atoms with E-state index in [1.165, 1.54) is 5.56 Å². The molecule has 0 aliphatic rings. The van der Waals surface area contributed by atoms with Gasteiger partial charge in [-0.05, 0) is 38.5 Å². The first-order valence-corrected chi connectivity index (χ1v) is 6.78. The Bertz CT molecular complexity index is 517. The molecule has 3 nitrogen and oxygen atoms in total. The fourth-order valence-corrected chi connectivity index (χ4v) is 2.57. The Kier molecular flexibility index (Phi) is 4.19. The van der Waals surface area contributed by atoms with Gasteiger partial charge >= 0.3 is 0 Å². The standard InChI is InChI=1S/C14H17BrN2O/c1-9(14-10(2)17-18-11(14)3)16-8-12-5-4-6-13(15)7-12/h4-7,9,16H,8H2,1-3H3. The molecule has 1 N–H and O–H groups in total. The molecule has 18 heavy (non-hydrogen) atoms. The number of rotatable bonds is 4. The molecular formula is C14H17BrN2O. The Morgan fingerprint density at radius 1 is 1.39 bits per heavy atom. The van der Waals surface area contributed by atoms with Gasteiger partial charge in [0.25, 0.3) is 0 Å². The largest absolute Gasteiger partial charge is 0.361 e. The molecule has 0 spiro atoms. The van der Waals surface area contributed by atoms with Crippen molar-refractivity contribution >= 4 is 15.9 Å². The van der Waals surface area contributed by atoms with Gasteiger partial charge in [0.05, 0.1) is 5.69 Å². The second-order valence-electron chi connectivity index (χ2n) is 4.47. The van der Waals surface area contributed by atoms with E-state index in [1.54, 1.807) is 0 Å². The molecule has 0 aliphatic heterocycles. The van der Waals surface area contributed by atoms with Crippen LogP contribution in [0, 0.1) is 13.8 Å². The van der Waals surface area contributed by atoms with E-state index in [-0.39, 0.29) is 6.04 Å². The lowest BCUT2D eigenvalue weighted by Gasteiger charge is -2.13. The zero-order valence-electron chi connectivity index (χ0n) is 10.8. The minimum Gasteiger partial charge on any atom is -0.361 e. The fourth-order valence-electron chi connectivity index (χ4n) is 2.13. The monoisotopic (exact) mass is 308 g/mol. The number of nitrogens with zero attached hydrogens (tertiary/aromatic N) is 1. The minimum absolute atomic E-state index is 0.232. The maximum absolute atomic E-state index is 5.19. The molecule has 96 valence electrons. The lowest BCUT2D eigenvalue weighted by atomic mass is 10.1. The molecule has 2 rings (SSSR count).